The molecule has 1 amide bonds. The summed E-state index contributed by atoms with van der Waals surface area (Å²) in [5.41, 5.74) is 0.944. The lowest BCUT2D eigenvalue weighted by Gasteiger charge is -2.39. The van der Waals surface area contributed by atoms with E-state index in [1.165, 1.54) is 25.5 Å². The van der Waals surface area contributed by atoms with Gasteiger partial charge < -0.3 is 19.0 Å². The Morgan fingerprint density at radius 3 is 2.48 bits per heavy atom. The normalized spacial score (nSPS) is 22.1. The zero-order chi connectivity index (χ0) is 20.4. The maximum absolute atomic E-state index is 13.1. The summed E-state index contributed by atoms with van der Waals surface area (Å²) in [6.07, 6.45) is 1.48. The second-order valence-corrected chi connectivity index (χ2v) is 6.85. The van der Waals surface area contributed by atoms with Crippen molar-refractivity contribution in [2.24, 2.45) is 10.9 Å². The molecular formula is C20H21FN4O4. The van der Waals surface area contributed by atoms with Crippen molar-refractivity contribution in [1.82, 2.24) is 10.2 Å². The molecule has 2 aliphatic heterocycles. The Bertz CT molecular complexity index is 905. The van der Waals surface area contributed by atoms with Gasteiger partial charge in [-0.1, -0.05) is 0 Å². The van der Waals surface area contributed by atoms with Crippen molar-refractivity contribution in [3.8, 4) is 0 Å². The Morgan fingerprint density at radius 2 is 1.86 bits per heavy atom. The first-order valence-corrected chi connectivity index (χ1v) is 9.32. The monoisotopic (exact) mass is 400 g/mol. The number of amides is 1. The fraction of sp³-hybridized carbons (Fsp3) is 0.350. The molecule has 1 N–H and O–H groups in total. The summed E-state index contributed by atoms with van der Waals surface area (Å²) in [6.45, 7) is 2.60. The van der Waals surface area contributed by atoms with Crippen LogP contribution >= 0.6 is 0 Å². The van der Waals surface area contributed by atoms with Gasteiger partial charge in [0.25, 0.3) is 0 Å². The van der Waals surface area contributed by atoms with Crippen molar-refractivity contribution in [2.45, 2.75) is 6.04 Å². The standard InChI is InChI=1S/C20H21FN4O4/c1-28-19(27)16-17(15-3-2-12-29-15)22-20(23-18(16)26)25-10-8-24(9-11-25)14-6-4-13(21)5-7-14/h2-7,12,16-17H,8-11H2,1H3,(H,22,23,26)/t16-,17+/m0/s1. The molecule has 0 unspecified atom stereocenters. The maximum Gasteiger partial charge on any atom is 0.320 e. The molecule has 0 saturated carbocycles. The van der Waals surface area contributed by atoms with E-state index in [0.717, 1.165) is 5.69 Å². The van der Waals surface area contributed by atoms with E-state index in [1.54, 1.807) is 24.3 Å². The SMILES string of the molecule is COC(=O)[C@@H]1C(=O)NC(N2CCN(c3ccc(F)cc3)CC2)=N[C@@H]1c1ccco1. The fourth-order valence-corrected chi connectivity index (χ4v) is 3.61. The number of benzene rings is 1. The first-order chi connectivity index (χ1) is 14.1. The molecule has 2 aliphatic rings. The number of furan rings is 1. The minimum atomic E-state index is -1.10. The lowest BCUT2D eigenvalue weighted by Crippen LogP contribution is -2.57. The number of esters is 1. The number of aliphatic imine (C=N–C) groups is 1. The number of hydrogen-bond acceptors (Lipinski definition) is 7. The Morgan fingerprint density at radius 1 is 1.17 bits per heavy atom. The molecule has 1 aromatic heterocycles. The van der Waals surface area contributed by atoms with Gasteiger partial charge in [-0.2, -0.15) is 0 Å². The average Bonchev–Trinajstić information content (AvgIpc) is 3.28. The number of anilines is 1. The van der Waals surface area contributed by atoms with Crippen LogP contribution in [0.25, 0.3) is 0 Å². The highest BCUT2D eigenvalue weighted by atomic mass is 19.1. The predicted octanol–water partition coefficient (Wildman–Crippen LogP) is 1.56. The molecule has 2 atom stereocenters. The molecule has 0 radical (unpaired) electrons. The number of ether oxygens (including phenoxy) is 1. The highest BCUT2D eigenvalue weighted by Crippen LogP contribution is 2.31. The summed E-state index contributed by atoms with van der Waals surface area (Å²) < 4.78 is 23.3. The molecule has 152 valence electrons. The molecule has 0 aliphatic carbocycles. The van der Waals surface area contributed by atoms with Crippen LogP contribution in [0.15, 0.2) is 52.1 Å². The Hall–Kier alpha value is -3.36. The van der Waals surface area contributed by atoms with E-state index in [0.29, 0.717) is 37.9 Å². The molecular weight excluding hydrogens is 379 g/mol. The third-order valence-electron chi connectivity index (χ3n) is 5.16. The molecule has 1 fully saturated rings. The van der Waals surface area contributed by atoms with Gasteiger partial charge in [0, 0.05) is 31.9 Å². The van der Waals surface area contributed by atoms with Crippen LogP contribution in [0.1, 0.15) is 11.8 Å². The van der Waals surface area contributed by atoms with Crippen molar-refractivity contribution in [3.05, 3.63) is 54.2 Å². The molecule has 1 aromatic carbocycles. The first kappa shape index (κ1) is 19.0. The Balaban J connectivity index is 1.52. The summed E-state index contributed by atoms with van der Waals surface area (Å²) in [6, 6.07) is 8.97. The molecule has 1 saturated heterocycles. The summed E-state index contributed by atoms with van der Waals surface area (Å²) in [5.74, 6) is -1.66. The zero-order valence-electron chi connectivity index (χ0n) is 15.9. The highest BCUT2D eigenvalue weighted by Gasteiger charge is 2.43. The van der Waals surface area contributed by atoms with E-state index in [4.69, 9.17) is 9.15 Å². The number of halogens is 1. The van der Waals surface area contributed by atoms with E-state index in [-0.39, 0.29) is 5.82 Å². The van der Waals surface area contributed by atoms with Crippen LogP contribution in [0, 0.1) is 11.7 Å². The van der Waals surface area contributed by atoms with Crippen LogP contribution in [0.5, 0.6) is 0 Å². The number of carbonyl (C=O) groups is 2. The van der Waals surface area contributed by atoms with Crippen molar-refractivity contribution in [2.75, 3.05) is 38.2 Å². The van der Waals surface area contributed by atoms with E-state index in [1.807, 2.05) is 4.90 Å². The topological polar surface area (TPSA) is 87.4 Å². The number of rotatable bonds is 3. The van der Waals surface area contributed by atoms with Gasteiger partial charge in [0.05, 0.1) is 13.4 Å². The molecule has 4 rings (SSSR count). The van der Waals surface area contributed by atoms with Gasteiger partial charge in [-0.15, -0.1) is 0 Å². The van der Waals surface area contributed by atoms with Crippen molar-refractivity contribution in [1.29, 1.82) is 0 Å². The molecule has 3 heterocycles. The summed E-state index contributed by atoms with van der Waals surface area (Å²) >= 11 is 0. The molecule has 0 spiro atoms. The highest BCUT2D eigenvalue weighted by molar-refractivity contribution is 6.08. The van der Waals surface area contributed by atoms with E-state index in [9.17, 15) is 14.0 Å². The number of hydrogen-bond donors (Lipinski definition) is 1. The van der Waals surface area contributed by atoms with E-state index >= 15 is 0 Å². The van der Waals surface area contributed by atoms with Gasteiger partial charge >= 0.3 is 5.97 Å². The van der Waals surface area contributed by atoms with Gasteiger partial charge in [0.2, 0.25) is 11.9 Å². The van der Waals surface area contributed by atoms with Crippen LogP contribution in [-0.2, 0) is 14.3 Å². The van der Waals surface area contributed by atoms with E-state index in [2.05, 4.69) is 15.2 Å². The van der Waals surface area contributed by atoms with Gasteiger partial charge in [-0.3, -0.25) is 14.9 Å². The number of nitrogens with one attached hydrogen (secondary N) is 1. The maximum atomic E-state index is 13.1. The Kier molecular flexibility index (Phi) is 5.20. The zero-order valence-corrected chi connectivity index (χ0v) is 15.9. The number of methoxy groups -OCH3 is 1. The predicted molar refractivity (Wildman–Crippen MR) is 103 cm³/mol. The van der Waals surface area contributed by atoms with Gasteiger partial charge in [-0.25, -0.2) is 9.38 Å². The van der Waals surface area contributed by atoms with Crippen molar-refractivity contribution >= 4 is 23.5 Å². The molecule has 29 heavy (non-hydrogen) atoms. The molecule has 8 nitrogen and oxygen atoms in total. The fourth-order valence-electron chi connectivity index (χ4n) is 3.61. The first-order valence-electron chi connectivity index (χ1n) is 9.32. The minimum absolute atomic E-state index is 0.268. The lowest BCUT2D eigenvalue weighted by molar-refractivity contribution is -0.151. The third kappa shape index (κ3) is 3.80. The lowest BCUT2D eigenvalue weighted by atomic mass is 9.95. The van der Waals surface area contributed by atoms with Gasteiger partial charge in [0.15, 0.2) is 5.92 Å². The summed E-state index contributed by atoms with van der Waals surface area (Å²) in [4.78, 5) is 33.5. The molecule has 9 heteroatoms. The number of carbonyl (C=O) groups excluding carboxylic acids is 2. The van der Waals surface area contributed by atoms with Crippen LogP contribution in [0.3, 0.4) is 0 Å². The van der Waals surface area contributed by atoms with Gasteiger partial charge in [0.1, 0.15) is 17.6 Å². The van der Waals surface area contributed by atoms with Crippen LogP contribution in [0.4, 0.5) is 10.1 Å². The third-order valence-corrected chi connectivity index (χ3v) is 5.16. The van der Waals surface area contributed by atoms with Crippen LogP contribution in [0.2, 0.25) is 0 Å². The van der Waals surface area contributed by atoms with Gasteiger partial charge in [-0.05, 0) is 36.4 Å². The Labute approximate surface area is 166 Å². The second kappa shape index (κ2) is 7.94. The number of guanidine groups is 1. The number of piperazine rings is 1. The van der Waals surface area contributed by atoms with Crippen molar-refractivity contribution in [3.63, 3.8) is 0 Å². The summed E-state index contributed by atoms with van der Waals surface area (Å²) in [5, 5.41) is 2.73. The second-order valence-electron chi connectivity index (χ2n) is 6.85. The molecule has 2 aromatic rings. The van der Waals surface area contributed by atoms with Crippen LogP contribution < -0.4 is 10.2 Å². The largest absolute Gasteiger partial charge is 0.468 e. The molecule has 0 bridgehead atoms. The van der Waals surface area contributed by atoms with Crippen molar-refractivity contribution < 1.29 is 23.1 Å². The smallest absolute Gasteiger partial charge is 0.320 e. The minimum Gasteiger partial charge on any atom is -0.468 e. The van der Waals surface area contributed by atoms with E-state index < -0.39 is 23.8 Å². The number of nitrogens with zero attached hydrogens (tertiary/aromatic N) is 3. The van der Waals surface area contributed by atoms with Crippen LogP contribution in [-0.4, -0.2) is 56.0 Å². The summed E-state index contributed by atoms with van der Waals surface area (Å²) in [7, 11) is 1.24. The average molecular weight is 400 g/mol. The quantitative estimate of drug-likeness (QED) is 0.622.